The molecule has 9 heteroatoms. The van der Waals surface area contributed by atoms with Gasteiger partial charge in [-0.25, -0.2) is 0 Å². The van der Waals surface area contributed by atoms with Crippen LogP contribution in [0.4, 0.5) is 18.3 Å². The van der Waals surface area contributed by atoms with Crippen molar-refractivity contribution in [3.8, 4) is 0 Å². The number of aromatic nitrogens is 2. The highest BCUT2D eigenvalue weighted by atomic mass is 32.1. The number of rotatable bonds is 3. The first-order valence-electron chi connectivity index (χ1n) is 5.03. The number of nitrogens with one attached hydrogen (secondary N) is 2. The molecule has 2 rings (SSSR count). The second kappa shape index (κ2) is 5.15. The van der Waals surface area contributed by atoms with Gasteiger partial charge in [-0.1, -0.05) is 0 Å². The Bertz CT molecular complexity index is 364. The summed E-state index contributed by atoms with van der Waals surface area (Å²) in [5.74, 6) is -1.10. The van der Waals surface area contributed by atoms with Gasteiger partial charge in [-0.2, -0.15) is 22.5 Å². The van der Waals surface area contributed by atoms with Crippen molar-refractivity contribution in [1.29, 1.82) is 0 Å². The van der Waals surface area contributed by atoms with Gasteiger partial charge in [0.05, 0.1) is 12.7 Å². The van der Waals surface area contributed by atoms with Gasteiger partial charge in [-0.05, 0) is 0 Å². The van der Waals surface area contributed by atoms with Crippen LogP contribution in [0.25, 0.3) is 0 Å². The number of halogens is 3. The quantitative estimate of drug-likeness (QED) is 0.855. The van der Waals surface area contributed by atoms with Crippen LogP contribution in [0.1, 0.15) is 5.82 Å². The van der Waals surface area contributed by atoms with Gasteiger partial charge >= 0.3 is 6.18 Å². The molecule has 1 saturated heterocycles. The zero-order chi connectivity index (χ0) is 12.3. The molecule has 96 valence electrons. The Labute approximate surface area is 99.5 Å². The third kappa shape index (κ3) is 3.51. The van der Waals surface area contributed by atoms with Crippen LogP contribution in [0.15, 0.2) is 0 Å². The predicted molar refractivity (Wildman–Crippen MR) is 56.0 cm³/mol. The van der Waals surface area contributed by atoms with Crippen LogP contribution in [-0.4, -0.2) is 41.7 Å². The summed E-state index contributed by atoms with van der Waals surface area (Å²) in [6, 6.07) is 0. The third-order valence-electron chi connectivity index (χ3n) is 2.16. The summed E-state index contributed by atoms with van der Waals surface area (Å²) in [4.78, 5) is 3.36. The minimum Gasteiger partial charge on any atom is -0.374 e. The molecule has 5 nitrogen and oxygen atoms in total. The Morgan fingerprint density at radius 2 is 2.35 bits per heavy atom. The van der Waals surface area contributed by atoms with E-state index in [-0.39, 0.29) is 11.2 Å². The lowest BCUT2D eigenvalue weighted by Gasteiger charge is -2.23. The van der Waals surface area contributed by atoms with E-state index in [1.165, 1.54) is 0 Å². The molecule has 0 aromatic carbocycles. The predicted octanol–water partition coefficient (Wildman–Crippen LogP) is 0.957. The van der Waals surface area contributed by atoms with Crippen molar-refractivity contribution < 1.29 is 17.9 Å². The molecule has 0 bridgehead atoms. The first-order valence-corrected chi connectivity index (χ1v) is 5.80. The number of alkyl halides is 3. The molecule has 17 heavy (non-hydrogen) atoms. The zero-order valence-corrected chi connectivity index (χ0v) is 9.57. The van der Waals surface area contributed by atoms with E-state index in [2.05, 4.69) is 20.0 Å². The molecule has 1 aromatic rings. The molecule has 0 amide bonds. The Hall–Kier alpha value is -0.930. The molecule has 1 fully saturated rings. The monoisotopic (exact) mass is 268 g/mol. The fraction of sp³-hybridized carbons (Fsp3) is 0.750. The second-order valence-electron chi connectivity index (χ2n) is 3.50. The van der Waals surface area contributed by atoms with Crippen LogP contribution in [0.3, 0.4) is 0 Å². The first kappa shape index (κ1) is 12.5. The van der Waals surface area contributed by atoms with Crippen LogP contribution in [0, 0.1) is 0 Å². The van der Waals surface area contributed by atoms with E-state index < -0.39 is 12.0 Å². The number of nitrogens with zero attached hydrogens (tertiary/aromatic N) is 2. The number of ether oxygens (including phenoxy) is 1. The zero-order valence-electron chi connectivity index (χ0n) is 8.75. The highest BCUT2D eigenvalue weighted by Gasteiger charge is 2.36. The standard InChI is InChI=1S/C8H11F3N4OS/c9-8(10,11)6-14-7(17-15-6)13-4-5-3-12-1-2-16-5/h5,12H,1-4H2,(H,13,14,15). The van der Waals surface area contributed by atoms with Gasteiger partial charge in [0.25, 0.3) is 0 Å². The normalized spacial score (nSPS) is 21.5. The highest BCUT2D eigenvalue weighted by molar-refractivity contribution is 7.09. The molecular weight excluding hydrogens is 257 g/mol. The summed E-state index contributed by atoms with van der Waals surface area (Å²) in [7, 11) is 0. The van der Waals surface area contributed by atoms with Crippen LogP contribution < -0.4 is 10.6 Å². The van der Waals surface area contributed by atoms with Gasteiger partial charge < -0.3 is 15.4 Å². The number of anilines is 1. The van der Waals surface area contributed by atoms with Crippen LogP contribution in [0.2, 0.25) is 0 Å². The summed E-state index contributed by atoms with van der Waals surface area (Å²) in [6.07, 6.45) is -4.54. The second-order valence-corrected chi connectivity index (χ2v) is 4.25. The van der Waals surface area contributed by atoms with Crippen molar-refractivity contribution in [3.63, 3.8) is 0 Å². The molecule has 2 heterocycles. The summed E-state index contributed by atoms with van der Waals surface area (Å²) in [5, 5.41) is 6.07. The molecule has 1 atom stereocenters. The van der Waals surface area contributed by atoms with E-state index in [1.807, 2.05) is 0 Å². The lowest BCUT2D eigenvalue weighted by Crippen LogP contribution is -2.42. The summed E-state index contributed by atoms with van der Waals surface area (Å²) in [6.45, 7) is 2.50. The molecule has 0 saturated carbocycles. The molecule has 1 aliphatic rings. The summed E-state index contributed by atoms with van der Waals surface area (Å²) < 4.78 is 45.3. The van der Waals surface area contributed by atoms with Gasteiger partial charge in [-0.3, -0.25) is 0 Å². The van der Waals surface area contributed by atoms with Crippen molar-refractivity contribution in [1.82, 2.24) is 14.7 Å². The molecule has 1 aromatic heterocycles. The molecule has 2 N–H and O–H groups in total. The van der Waals surface area contributed by atoms with Gasteiger partial charge in [0.15, 0.2) is 0 Å². The van der Waals surface area contributed by atoms with Crippen LogP contribution >= 0.6 is 11.5 Å². The van der Waals surface area contributed by atoms with Gasteiger partial charge in [0, 0.05) is 31.2 Å². The van der Waals surface area contributed by atoms with E-state index in [9.17, 15) is 13.2 Å². The average molecular weight is 268 g/mol. The molecule has 0 aliphatic carbocycles. The smallest absolute Gasteiger partial charge is 0.374 e. The number of morpholine rings is 1. The van der Waals surface area contributed by atoms with Crippen molar-refractivity contribution in [2.24, 2.45) is 0 Å². The van der Waals surface area contributed by atoms with Crippen molar-refractivity contribution in [2.75, 3.05) is 31.6 Å². The molecule has 1 aliphatic heterocycles. The molecule has 0 spiro atoms. The van der Waals surface area contributed by atoms with E-state index in [1.54, 1.807) is 0 Å². The molecule has 1 unspecified atom stereocenters. The number of hydrogen-bond acceptors (Lipinski definition) is 6. The average Bonchev–Trinajstić information content (AvgIpc) is 2.76. The summed E-state index contributed by atoms with van der Waals surface area (Å²) in [5.41, 5.74) is 0. The van der Waals surface area contributed by atoms with Crippen LogP contribution in [0.5, 0.6) is 0 Å². The Morgan fingerprint density at radius 3 is 2.94 bits per heavy atom. The fourth-order valence-electron chi connectivity index (χ4n) is 1.36. The Morgan fingerprint density at radius 1 is 1.53 bits per heavy atom. The first-order chi connectivity index (χ1) is 8.05. The summed E-state index contributed by atoms with van der Waals surface area (Å²) >= 11 is 0.697. The minimum atomic E-state index is -4.49. The molecule has 0 radical (unpaired) electrons. The van der Waals surface area contributed by atoms with Crippen molar-refractivity contribution in [3.05, 3.63) is 5.82 Å². The Balaban J connectivity index is 1.84. The fourth-order valence-corrected chi connectivity index (χ4v) is 1.95. The Kier molecular flexibility index (Phi) is 3.79. The third-order valence-corrected chi connectivity index (χ3v) is 2.84. The van der Waals surface area contributed by atoms with Gasteiger partial charge in [0.1, 0.15) is 0 Å². The lowest BCUT2D eigenvalue weighted by atomic mass is 10.3. The van der Waals surface area contributed by atoms with E-state index in [4.69, 9.17) is 4.74 Å². The van der Waals surface area contributed by atoms with Gasteiger partial charge in [-0.15, -0.1) is 0 Å². The van der Waals surface area contributed by atoms with E-state index in [0.717, 1.165) is 6.54 Å². The maximum absolute atomic E-state index is 12.2. The lowest BCUT2D eigenvalue weighted by molar-refractivity contribution is -0.144. The molecular formula is C8H11F3N4OS. The maximum atomic E-state index is 12.2. The SMILES string of the molecule is FC(F)(F)c1nsc(NCC2CNCCO2)n1. The highest BCUT2D eigenvalue weighted by Crippen LogP contribution is 2.28. The van der Waals surface area contributed by atoms with Gasteiger partial charge in [0.2, 0.25) is 11.0 Å². The van der Waals surface area contributed by atoms with Crippen molar-refractivity contribution in [2.45, 2.75) is 12.3 Å². The topological polar surface area (TPSA) is 59.1 Å². The van der Waals surface area contributed by atoms with E-state index in [0.29, 0.717) is 31.2 Å². The van der Waals surface area contributed by atoms with Crippen LogP contribution in [-0.2, 0) is 10.9 Å². The minimum absolute atomic E-state index is 0.0537. The van der Waals surface area contributed by atoms with Crippen molar-refractivity contribution >= 4 is 16.7 Å². The maximum Gasteiger partial charge on any atom is 0.452 e. The van der Waals surface area contributed by atoms with E-state index >= 15 is 0 Å². The largest absolute Gasteiger partial charge is 0.452 e. The number of hydrogen-bond donors (Lipinski definition) is 2.